The minimum atomic E-state index is -0.694. The Morgan fingerprint density at radius 2 is 2.16 bits per heavy atom. The van der Waals surface area contributed by atoms with Crippen molar-refractivity contribution in [2.24, 2.45) is 0 Å². The zero-order valence-corrected chi connectivity index (χ0v) is 16.8. The summed E-state index contributed by atoms with van der Waals surface area (Å²) >= 11 is 1.05. The number of nitriles is 1. The van der Waals surface area contributed by atoms with Gasteiger partial charge in [0.1, 0.15) is 11.6 Å². The maximum absolute atomic E-state index is 12.5. The van der Waals surface area contributed by atoms with Gasteiger partial charge in [-0.05, 0) is 36.8 Å². The van der Waals surface area contributed by atoms with Crippen LogP contribution in [-0.2, 0) is 4.79 Å². The number of hydrogen-bond acceptors (Lipinski definition) is 8. The number of carbonyl (C=O) groups is 1. The molecule has 0 aliphatic carbocycles. The molecule has 0 fully saturated rings. The van der Waals surface area contributed by atoms with E-state index in [1.54, 1.807) is 25.1 Å². The van der Waals surface area contributed by atoms with Crippen molar-refractivity contribution in [2.45, 2.75) is 17.0 Å². The molecule has 0 spiro atoms. The molecule has 0 radical (unpaired) electrons. The highest BCUT2D eigenvalue weighted by molar-refractivity contribution is 7.99. The lowest BCUT2D eigenvalue weighted by Gasteiger charge is -2.07. The fourth-order valence-corrected chi connectivity index (χ4v) is 3.42. The number of nitrogens with one attached hydrogen (secondary N) is 2. The van der Waals surface area contributed by atoms with Crippen molar-refractivity contribution in [3.05, 3.63) is 86.1 Å². The van der Waals surface area contributed by atoms with Crippen LogP contribution in [0.5, 0.6) is 0 Å². The number of anilines is 1. The number of H-pyrrole nitrogens is 1. The first-order valence-electron chi connectivity index (χ1n) is 8.73. The number of aromatic nitrogens is 3. The number of nitro benzene ring substituents is 1. The number of benzene rings is 1. The summed E-state index contributed by atoms with van der Waals surface area (Å²) in [4.78, 5) is 46.0. The summed E-state index contributed by atoms with van der Waals surface area (Å²) < 4.78 is 0. The summed E-state index contributed by atoms with van der Waals surface area (Å²) in [6.07, 6.45) is 4.20. The monoisotopic (exact) mass is 434 g/mol. The smallest absolute Gasteiger partial charge is 0.270 e. The summed E-state index contributed by atoms with van der Waals surface area (Å²) in [7, 11) is 0. The van der Waals surface area contributed by atoms with Crippen molar-refractivity contribution in [3.8, 4) is 6.07 Å². The van der Waals surface area contributed by atoms with Crippen molar-refractivity contribution >= 4 is 35.1 Å². The minimum absolute atomic E-state index is 0.216. The molecular weight excluding hydrogens is 420 g/mol. The van der Waals surface area contributed by atoms with Crippen LogP contribution in [0.2, 0.25) is 0 Å². The van der Waals surface area contributed by atoms with Gasteiger partial charge in [-0.15, -0.1) is 0 Å². The zero-order valence-electron chi connectivity index (χ0n) is 16.0. The number of nitro groups is 1. The number of amides is 1. The van der Waals surface area contributed by atoms with E-state index < -0.39 is 10.8 Å². The average molecular weight is 434 g/mol. The van der Waals surface area contributed by atoms with Gasteiger partial charge < -0.3 is 10.3 Å². The Kier molecular flexibility index (Phi) is 6.54. The Bertz CT molecular complexity index is 1280. The molecule has 3 rings (SSSR count). The topological polar surface area (TPSA) is 155 Å². The van der Waals surface area contributed by atoms with Gasteiger partial charge in [0.2, 0.25) is 0 Å². The van der Waals surface area contributed by atoms with Gasteiger partial charge in [0, 0.05) is 35.0 Å². The lowest BCUT2D eigenvalue weighted by Crippen LogP contribution is -2.13. The second kappa shape index (κ2) is 9.47. The molecule has 1 amide bonds. The van der Waals surface area contributed by atoms with Crippen molar-refractivity contribution in [1.29, 1.82) is 5.26 Å². The molecule has 2 heterocycles. The van der Waals surface area contributed by atoms with Crippen molar-refractivity contribution < 1.29 is 9.72 Å². The highest BCUT2D eigenvalue weighted by Crippen LogP contribution is 2.32. The van der Waals surface area contributed by atoms with Gasteiger partial charge >= 0.3 is 0 Å². The van der Waals surface area contributed by atoms with E-state index in [0.717, 1.165) is 11.8 Å². The van der Waals surface area contributed by atoms with Crippen LogP contribution < -0.4 is 10.9 Å². The van der Waals surface area contributed by atoms with Crippen LogP contribution in [0.15, 0.2) is 69.2 Å². The summed E-state index contributed by atoms with van der Waals surface area (Å²) in [6, 6.07) is 10.4. The van der Waals surface area contributed by atoms with E-state index in [2.05, 4.69) is 20.3 Å². The number of hydrogen-bond donors (Lipinski definition) is 2. The predicted octanol–water partition coefficient (Wildman–Crippen LogP) is 3.08. The molecule has 0 saturated carbocycles. The first-order chi connectivity index (χ1) is 14.9. The van der Waals surface area contributed by atoms with Crippen molar-refractivity contribution in [2.75, 3.05) is 5.32 Å². The molecule has 31 heavy (non-hydrogen) atoms. The van der Waals surface area contributed by atoms with Crippen molar-refractivity contribution in [3.63, 3.8) is 0 Å². The Hall–Kier alpha value is -4.30. The van der Waals surface area contributed by atoms with Crippen LogP contribution in [-0.4, -0.2) is 25.8 Å². The van der Waals surface area contributed by atoms with E-state index in [0.29, 0.717) is 16.3 Å². The van der Waals surface area contributed by atoms with E-state index >= 15 is 0 Å². The van der Waals surface area contributed by atoms with Gasteiger partial charge in [-0.2, -0.15) is 5.26 Å². The number of nitrogens with zero attached hydrogens (tertiary/aromatic N) is 4. The van der Waals surface area contributed by atoms with Gasteiger partial charge in [0.15, 0.2) is 5.16 Å². The number of aryl methyl sites for hydroxylation is 1. The van der Waals surface area contributed by atoms with Crippen molar-refractivity contribution in [1.82, 2.24) is 15.0 Å². The summed E-state index contributed by atoms with van der Waals surface area (Å²) in [5.41, 5.74) is 0.314. The second-order valence-electron chi connectivity index (χ2n) is 6.14. The Morgan fingerprint density at radius 3 is 2.81 bits per heavy atom. The standard InChI is InChI=1S/C20H14N6O4S/c1-12-7-18(27)25-20(23-12)31-17-5-4-16(26(29)30)9-13(17)8-14(10-21)19(28)24-15-3-2-6-22-11-15/h2-9,11H,1H3,(H,24,28)(H,23,25,27)/b14-8+. The number of carbonyl (C=O) groups excluding carboxylic acids is 1. The van der Waals surface area contributed by atoms with Crippen LogP contribution in [0.1, 0.15) is 11.3 Å². The molecule has 3 aromatic rings. The molecule has 0 bridgehead atoms. The molecule has 154 valence electrons. The van der Waals surface area contributed by atoms with E-state index in [1.807, 2.05) is 0 Å². The molecule has 11 heteroatoms. The molecule has 2 aromatic heterocycles. The second-order valence-corrected chi connectivity index (χ2v) is 7.17. The Morgan fingerprint density at radius 1 is 1.35 bits per heavy atom. The molecule has 0 saturated heterocycles. The van der Waals surface area contributed by atoms with Gasteiger partial charge in [0.05, 0.1) is 16.8 Å². The fourth-order valence-electron chi connectivity index (χ4n) is 2.50. The normalized spacial score (nSPS) is 10.9. The lowest BCUT2D eigenvalue weighted by molar-refractivity contribution is -0.384. The number of aromatic amines is 1. The third-order valence-corrected chi connectivity index (χ3v) is 4.82. The quantitative estimate of drug-likeness (QED) is 0.197. The summed E-state index contributed by atoms with van der Waals surface area (Å²) in [5.74, 6) is -0.694. The summed E-state index contributed by atoms with van der Waals surface area (Å²) in [5, 5.41) is 23.5. The molecular formula is C20H14N6O4S. The van der Waals surface area contributed by atoms with Gasteiger partial charge in [-0.25, -0.2) is 4.98 Å². The molecule has 0 aliphatic rings. The SMILES string of the molecule is Cc1cc(=O)[nH]c(Sc2ccc([N+](=O)[O-])cc2/C=C(\C#N)C(=O)Nc2cccnc2)n1. The summed E-state index contributed by atoms with van der Waals surface area (Å²) in [6.45, 7) is 1.66. The third-order valence-electron chi connectivity index (χ3n) is 3.84. The average Bonchev–Trinajstić information content (AvgIpc) is 2.72. The first-order valence-corrected chi connectivity index (χ1v) is 9.55. The zero-order chi connectivity index (χ0) is 22.4. The molecule has 0 unspecified atom stereocenters. The van der Waals surface area contributed by atoms with E-state index in [9.17, 15) is 25.0 Å². The van der Waals surface area contributed by atoms with Crippen LogP contribution >= 0.6 is 11.8 Å². The highest BCUT2D eigenvalue weighted by Gasteiger charge is 2.15. The third kappa shape index (κ3) is 5.62. The lowest BCUT2D eigenvalue weighted by atomic mass is 10.1. The number of pyridine rings is 1. The Balaban J connectivity index is 2.01. The van der Waals surface area contributed by atoms with Crippen LogP contribution in [0.3, 0.4) is 0 Å². The van der Waals surface area contributed by atoms with E-state index in [-0.39, 0.29) is 27.5 Å². The highest BCUT2D eigenvalue weighted by atomic mass is 32.2. The van der Waals surface area contributed by atoms with Crippen LogP contribution in [0, 0.1) is 28.4 Å². The van der Waals surface area contributed by atoms with Crippen LogP contribution in [0.4, 0.5) is 11.4 Å². The molecule has 10 nitrogen and oxygen atoms in total. The van der Waals surface area contributed by atoms with Crippen LogP contribution in [0.25, 0.3) is 6.08 Å². The van der Waals surface area contributed by atoms with Gasteiger partial charge in [0.25, 0.3) is 17.2 Å². The minimum Gasteiger partial charge on any atom is -0.320 e. The maximum Gasteiger partial charge on any atom is 0.270 e. The maximum atomic E-state index is 12.5. The van der Waals surface area contributed by atoms with Gasteiger partial charge in [-0.3, -0.25) is 24.7 Å². The van der Waals surface area contributed by atoms with Gasteiger partial charge in [-0.1, -0.05) is 11.8 Å². The number of non-ortho nitro benzene ring substituents is 1. The molecule has 1 aromatic carbocycles. The largest absolute Gasteiger partial charge is 0.320 e. The molecule has 0 atom stereocenters. The number of rotatable bonds is 6. The fraction of sp³-hybridized carbons (Fsp3) is 0.0500. The Labute approximate surface area is 179 Å². The first kappa shape index (κ1) is 21.4. The molecule has 2 N–H and O–H groups in total. The van der Waals surface area contributed by atoms with E-state index in [4.69, 9.17) is 0 Å². The van der Waals surface area contributed by atoms with E-state index in [1.165, 1.54) is 42.7 Å². The molecule has 0 aliphatic heterocycles. The predicted molar refractivity (Wildman–Crippen MR) is 113 cm³/mol.